The summed E-state index contributed by atoms with van der Waals surface area (Å²) in [4.78, 5) is 0. The van der Waals surface area contributed by atoms with Crippen LogP contribution in [0.25, 0.3) is 0 Å². The SMILES string of the molecule is C1=CC2=CC=C1C2.Cl.Cl.N. The largest absolute Gasteiger partial charge is 0.344 e. The second-order valence-corrected chi connectivity index (χ2v) is 1.99. The van der Waals surface area contributed by atoms with Crippen LogP contribution in [0.15, 0.2) is 35.5 Å². The Kier molecular flexibility index (Phi) is 5.67. The normalized spacial score (nSPS) is 16.0. The Labute approximate surface area is 73.3 Å². The van der Waals surface area contributed by atoms with Crippen LogP contribution in [-0.4, -0.2) is 0 Å². The number of rotatable bonds is 0. The van der Waals surface area contributed by atoms with Gasteiger partial charge < -0.3 is 6.15 Å². The van der Waals surface area contributed by atoms with Gasteiger partial charge in [0.15, 0.2) is 0 Å². The lowest BCUT2D eigenvalue weighted by molar-refractivity contribution is 1.32. The van der Waals surface area contributed by atoms with Gasteiger partial charge in [-0.05, 0) is 17.6 Å². The molecule has 0 amide bonds. The number of halogens is 2. The summed E-state index contributed by atoms with van der Waals surface area (Å²) in [5, 5.41) is 0. The smallest absolute Gasteiger partial charge is 0.00258 e. The molecule has 0 unspecified atom stereocenters. The molecule has 58 valence electrons. The highest BCUT2D eigenvalue weighted by Gasteiger charge is 2.07. The number of allylic oxidation sites excluding steroid dienone is 6. The van der Waals surface area contributed by atoms with Gasteiger partial charge in [0.2, 0.25) is 0 Å². The molecule has 0 aromatic heterocycles. The van der Waals surface area contributed by atoms with Crippen molar-refractivity contribution in [3.8, 4) is 0 Å². The maximum absolute atomic E-state index is 2.18. The molecule has 3 heteroatoms. The van der Waals surface area contributed by atoms with Crippen LogP contribution in [0.2, 0.25) is 0 Å². The summed E-state index contributed by atoms with van der Waals surface area (Å²) in [6.07, 6.45) is 9.90. The van der Waals surface area contributed by atoms with Gasteiger partial charge in [-0.1, -0.05) is 24.3 Å². The summed E-state index contributed by atoms with van der Waals surface area (Å²) in [7, 11) is 0. The Bertz CT molecular complexity index is 172. The van der Waals surface area contributed by atoms with Gasteiger partial charge in [-0.25, -0.2) is 0 Å². The van der Waals surface area contributed by atoms with E-state index in [9.17, 15) is 0 Å². The predicted octanol–water partition coefficient (Wildman–Crippen LogP) is 2.82. The molecular weight excluding hydrogens is 169 g/mol. The maximum Gasteiger partial charge on any atom is -0.00258 e. The maximum atomic E-state index is 2.18. The van der Waals surface area contributed by atoms with Gasteiger partial charge in [0.1, 0.15) is 0 Å². The first-order valence-electron chi connectivity index (χ1n) is 2.53. The van der Waals surface area contributed by atoms with Crippen LogP contribution in [0.5, 0.6) is 0 Å². The first kappa shape index (κ1) is 12.4. The number of hydrogen-bond donors (Lipinski definition) is 1. The topological polar surface area (TPSA) is 35.0 Å². The minimum Gasteiger partial charge on any atom is -0.344 e. The lowest BCUT2D eigenvalue weighted by atomic mass is 10.3. The van der Waals surface area contributed by atoms with Crippen molar-refractivity contribution in [2.24, 2.45) is 0 Å². The van der Waals surface area contributed by atoms with Gasteiger partial charge in [-0.2, -0.15) is 0 Å². The standard InChI is InChI=1S/C7H6.2ClH.H3N/c1-2-7-4-3-6(1)5-7;;;/h1-4H,5H2;2*1H;1H3. The van der Waals surface area contributed by atoms with E-state index in [4.69, 9.17) is 0 Å². The van der Waals surface area contributed by atoms with Crippen molar-refractivity contribution in [3.05, 3.63) is 35.5 Å². The quantitative estimate of drug-likeness (QED) is 0.611. The van der Waals surface area contributed by atoms with Crippen LogP contribution >= 0.6 is 24.8 Å². The van der Waals surface area contributed by atoms with Gasteiger partial charge in [0.25, 0.3) is 0 Å². The Hall–Kier alpha value is -0.240. The highest BCUT2D eigenvalue weighted by Crippen LogP contribution is 2.27. The predicted molar refractivity (Wildman–Crippen MR) is 49.4 cm³/mol. The Morgan fingerprint density at radius 2 is 1.30 bits per heavy atom. The van der Waals surface area contributed by atoms with Crippen LogP contribution < -0.4 is 6.15 Å². The van der Waals surface area contributed by atoms with Crippen molar-refractivity contribution in [1.82, 2.24) is 6.15 Å². The first-order chi connectivity index (χ1) is 3.45. The lowest BCUT2D eigenvalue weighted by Gasteiger charge is -1.77. The second kappa shape index (κ2) is 4.56. The molecular formula is C7H11Cl2N. The molecule has 0 aromatic rings. The fraction of sp³-hybridized carbons (Fsp3) is 0.143. The summed E-state index contributed by atoms with van der Waals surface area (Å²) in [6, 6.07) is 0. The van der Waals surface area contributed by atoms with Gasteiger partial charge in [0.05, 0.1) is 0 Å². The molecule has 0 spiro atoms. The molecule has 2 aliphatic carbocycles. The van der Waals surface area contributed by atoms with E-state index >= 15 is 0 Å². The number of hydrogen-bond acceptors (Lipinski definition) is 1. The van der Waals surface area contributed by atoms with Crippen LogP contribution in [0.4, 0.5) is 0 Å². The highest BCUT2D eigenvalue weighted by atomic mass is 35.5. The molecule has 0 saturated carbocycles. The molecule has 2 bridgehead atoms. The van der Waals surface area contributed by atoms with Crippen molar-refractivity contribution < 1.29 is 0 Å². The molecule has 0 radical (unpaired) electrons. The molecule has 0 aliphatic heterocycles. The van der Waals surface area contributed by atoms with Crippen molar-refractivity contribution in [3.63, 3.8) is 0 Å². The molecule has 0 heterocycles. The molecule has 0 saturated heterocycles. The minimum atomic E-state index is 0. The first-order valence-corrected chi connectivity index (χ1v) is 2.53. The molecule has 0 atom stereocenters. The van der Waals surface area contributed by atoms with Gasteiger partial charge in [-0.15, -0.1) is 24.8 Å². The van der Waals surface area contributed by atoms with Crippen LogP contribution in [-0.2, 0) is 0 Å². The molecule has 2 aliphatic rings. The van der Waals surface area contributed by atoms with Crippen LogP contribution in [0.1, 0.15) is 6.42 Å². The van der Waals surface area contributed by atoms with Crippen molar-refractivity contribution in [1.29, 1.82) is 0 Å². The molecule has 0 aromatic carbocycles. The second-order valence-electron chi connectivity index (χ2n) is 1.99. The zero-order valence-electron chi connectivity index (χ0n) is 5.54. The van der Waals surface area contributed by atoms with E-state index in [0.29, 0.717) is 0 Å². The fourth-order valence-electron chi connectivity index (χ4n) is 1.01. The molecule has 0 fully saturated rings. The molecule has 10 heavy (non-hydrogen) atoms. The zero-order valence-corrected chi connectivity index (χ0v) is 7.17. The average Bonchev–Trinajstić information content (AvgIpc) is 2.22. The third-order valence-corrected chi connectivity index (χ3v) is 1.43. The monoisotopic (exact) mass is 179 g/mol. The Morgan fingerprint density at radius 1 is 0.900 bits per heavy atom. The summed E-state index contributed by atoms with van der Waals surface area (Å²) < 4.78 is 0. The fourth-order valence-corrected chi connectivity index (χ4v) is 1.01. The summed E-state index contributed by atoms with van der Waals surface area (Å²) in [6.45, 7) is 0. The summed E-state index contributed by atoms with van der Waals surface area (Å²) >= 11 is 0. The van der Waals surface area contributed by atoms with Crippen LogP contribution in [0.3, 0.4) is 0 Å². The number of fused-ring (bicyclic) bond motifs is 2. The minimum absolute atomic E-state index is 0. The third-order valence-electron chi connectivity index (χ3n) is 1.43. The Morgan fingerprint density at radius 3 is 1.40 bits per heavy atom. The van der Waals surface area contributed by atoms with Crippen molar-refractivity contribution in [2.45, 2.75) is 6.42 Å². The van der Waals surface area contributed by atoms with Gasteiger partial charge in [-0.3, -0.25) is 0 Å². The van der Waals surface area contributed by atoms with Gasteiger partial charge >= 0.3 is 0 Å². The zero-order chi connectivity index (χ0) is 4.69. The molecule has 2 rings (SSSR count). The van der Waals surface area contributed by atoms with Gasteiger partial charge in [0, 0.05) is 0 Å². The van der Waals surface area contributed by atoms with Crippen LogP contribution in [0, 0.1) is 0 Å². The molecule has 3 N–H and O–H groups in total. The Balaban J connectivity index is 0. The van der Waals surface area contributed by atoms with E-state index < -0.39 is 0 Å². The van der Waals surface area contributed by atoms with E-state index in [2.05, 4.69) is 24.3 Å². The van der Waals surface area contributed by atoms with E-state index in [1.54, 1.807) is 0 Å². The third kappa shape index (κ3) is 1.87. The molecule has 1 nitrogen and oxygen atoms in total. The summed E-state index contributed by atoms with van der Waals surface area (Å²) in [5.74, 6) is 0. The van der Waals surface area contributed by atoms with E-state index in [-0.39, 0.29) is 31.0 Å². The summed E-state index contributed by atoms with van der Waals surface area (Å²) in [5.41, 5.74) is 2.94. The average molecular weight is 180 g/mol. The van der Waals surface area contributed by atoms with Crippen molar-refractivity contribution >= 4 is 24.8 Å². The highest BCUT2D eigenvalue weighted by molar-refractivity contribution is 5.85. The van der Waals surface area contributed by atoms with Crippen molar-refractivity contribution in [2.75, 3.05) is 0 Å². The lowest BCUT2D eigenvalue weighted by Crippen LogP contribution is -1.59. The van der Waals surface area contributed by atoms with E-state index in [0.717, 1.165) is 0 Å². The van der Waals surface area contributed by atoms with E-state index in [1.807, 2.05) is 0 Å². The van der Waals surface area contributed by atoms with E-state index in [1.165, 1.54) is 17.6 Å².